The predicted molar refractivity (Wildman–Crippen MR) is 85.4 cm³/mol. The maximum absolute atomic E-state index is 12.6. The molecule has 3 nitrogen and oxygen atoms in total. The van der Waals surface area contributed by atoms with Crippen LogP contribution in [0.4, 0.5) is 0 Å². The number of rotatable bonds is 3. The summed E-state index contributed by atoms with van der Waals surface area (Å²) in [7, 11) is 1.99. The minimum Gasteiger partial charge on any atom is -0.343 e. The van der Waals surface area contributed by atoms with E-state index in [-0.39, 0.29) is 0 Å². The monoisotopic (exact) mass is 286 g/mol. The lowest BCUT2D eigenvalue weighted by atomic mass is 9.81. The fraction of sp³-hybridized carbons (Fsp3) is 0.611. The first-order chi connectivity index (χ1) is 10.3. The van der Waals surface area contributed by atoms with Gasteiger partial charge >= 0.3 is 0 Å². The standard InChI is InChI=1S/C18H26N2O/c1-20(16-9-11-19-12-10-16)18(21)13-15-7-4-6-14-5-2-3-8-17(14)15/h2-3,5,8,15-16,19H,4,6-7,9-13H2,1H3. The van der Waals surface area contributed by atoms with E-state index >= 15 is 0 Å². The van der Waals surface area contributed by atoms with Crippen molar-refractivity contribution in [3.05, 3.63) is 35.4 Å². The molecule has 1 aromatic rings. The minimum atomic E-state index is 0.323. The number of nitrogens with one attached hydrogen (secondary N) is 1. The molecule has 1 N–H and O–H groups in total. The van der Waals surface area contributed by atoms with Crippen molar-refractivity contribution in [1.29, 1.82) is 0 Å². The number of amides is 1. The van der Waals surface area contributed by atoms with Crippen molar-refractivity contribution in [2.24, 2.45) is 0 Å². The molecule has 0 saturated carbocycles. The number of benzene rings is 1. The van der Waals surface area contributed by atoms with Gasteiger partial charge in [0.05, 0.1) is 0 Å². The van der Waals surface area contributed by atoms with Crippen LogP contribution < -0.4 is 5.32 Å². The molecule has 3 heteroatoms. The lowest BCUT2D eigenvalue weighted by Gasteiger charge is -2.33. The van der Waals surface area contributed by atoms with E-state index < -0.39 is 0 Å². The molecule has 1 amide bonds. The van der Waals surface area contributed by atoms with Gasteiger partial charge < -0.3 is 10.2 Å². The molecule has 0 aromatic heterocycles. The molecule has 114 valence electrons. The Hall–Kier alpha value is -1.35. The van der Waals surface area contributed by atoms with Gasteiger partial charge in [0.15, 0.2) is 0 Å². The molecule has 1 unspecified atom stereocenters. The summed E-state index contributed by atoms with van der Waals surface area (Å²) in [6, 6.07) is 9.10. The maximum atomic E-state index is 12.6. The van der Waals surface area contributed by atoms with Gasteiger partial charge in [-0.05, 0) is 62.2 Å². The number of carbonyl (C=O) groups is 1. The van der Waals surface area contributed by atoms with Crippen LogP contribution in [0.15, 0.2) is 24.3 Å². The van der Waals surface area contributed by atoms with Gasteiger partial charge in [0.1, 0.15) is 0 Å². The molecule has 1 fully saturated rings. The lowest BCUT2D eigenvalue weighted by Crippen LogP contribution is -2.44. The van der Waals surface area contributed by atoms with Gasteiger partial charge in [0, 0.05) is 19.5 Å². The first-order valence-electron chi connectivity index (χ1n) is 8.30. The molecule has 1 aliphatic heterocycles. The number of hydrogen-bond donors (Lipinski definition) is 1. The third kappa shape index (κ3) is 3.29. The molecule has 0 bridgehead atoms. The van der Waals surface area contributed by atoms with Gasteiger partial charge in [-0.2, -0.15) is 0 Å². The molecule has 0 radical (unpaired) electrons. The molecule has 2 aliphatic rings. The Kier molecular flexibility index (Phi) is 4.59. The van der Waals surface area contributed by atoms with Crippen molar-refractivity contribution in [2.75, 3.05) is 20.1 Å². The van der Waals surface area contributed by atoms with Crippen LogP contribution in [-0.4, -0.2) is 37.0 Å². The normalized spacial score (nSPS) is 22.6. The Bertz CT molecular complexity index is 494. The third-order valence-corrected chi connectivity index (χ3v) is 5.16. The predicted octanol–water partition coefficient (Wildman–Crippen LogP) is 2.71. The maximum Gasteiger partial charge on any atom is 0.223 e. The summed E-state index contributed by atoms with van der Waals surface area (Å²) in [6.45, 7) is 2.07. The Morgan fingerprint density at radius 1 is 1.24 bits per heavy atom. The molecule has 1 heterocycles. The lowest BCUT2D eigenvalue weighted by molar-refractivity contribution is -0.132. The Morgan fingerprint density at radius 2 is 2.00 bits per heavy atom. The van der Waals surface area contributed by atoms with Crippen LogP contribution in [0.5, 0.6) is 0 Å². The smallest absolute Gasteiger partial charge is 0.223 e. The summed E-state index contributed by atoms with van der Waals surface area (Å²) in [6.07, 6.45) is 6.39. The highest BCUT2D eigenvalue weighted by Gasteiger charge is 2.27. The fourth-order valence-corrected chi connectivity index (χ4v) is 3.82. The van der Waals surface area contributed by atoms with Crippen molar-refractivity contribution < 1.29 is 4.79 Å². The summed E-state index contributed by atoms with van der Waals surface area (Å²) >= 11 is 0. The molecule has 21 heavy (non-hydrogen) atoms. The number of fused-ring (bicyclic) bond motifs is 1. The molecular formula is C18H26N2O. The zero-order valence-corrected chi connectivity index (χ0v) is 13.0. The summed E-state index contributed by atoms with van der Waals surface area (Å²) in [5, 5.41) is 3.36. The van der Waals surface area contributed by atoms with E-state index in [1.54, 1.807) is 0 Å². The SMILES string of the molecule is CN(C(=O)CC1CCCc2ccccc21)C1CCNCC1. The average Bonchev–Trinajstić information content (AvgIpc) is 2.55. The van der Waals surface area contributed by atoms with Crippen molar-refractivity contribution in [2.45, 2.75) is 50.5 Å². The number of hydrogen-bond acceptors (Lipinski definition) is 2. The molecule has 1 atom stereocenters. The van der Waals surface area contributed by atoms with Crippen LogP contribution in [0.1, 0.15) is 49.1 Å². The number of nitrogens with zero attached hydrogens (tertiary/aromatic N) is 1. The number of piperidine rings is 1. The number of carbonyl (C=O) groups excluding carboxylic acids is 1. The van der Waals surface area contributed by atoms with Gasteiger partial charge in [-0.3, -0.25) is 4.79 Å². The van der Waals surface area contributed by atoms with Crippen molar-refractivity contribution in [3.63, 3.8) is 0 Å². The van der Waals surface area contributed by atoms with Crippen LogP contribution >= 0.6 is 0 Å². The van der Waals surface area contributed by atoms with Gasteiger partial charge in [0.25, 0.3) is 0 Å². The number of aryl methyl sites for hydroxylation is 1. The summed E-state index contributed by atoms with van der Waals surface area (Å²) in [5.74, 6) is 0.746. The van der Waals surface area contributed by atoms with Crippen LogP contribution in [0.25, 0.3) is 0 Å². The second kappa shape index (κ2) is 6.61. The minimum absolute atomic E-state index is 0.323. The second-order valence-electron chi connectivity index (χ2n) is 6.48. The van der Waals surface area contributed by atoms with Crippen LogP contribution in [-0.2, 0) is 11.2 Å². The van der Waals surface area contributed by atoms with Crippen molar-refractivity contribution >= 4 is 5.91 Å². The fourth-order valence-electron chi connectivity index (χ4n) is 3.82. The molecule has 1 aliphatic carbocycles. The van der Waals surface area contributed by atoms with E-state index in [4.69, 9.17) is 0 Å². The quantitative estimate of drug-likeness (QED) is 0.926. The van der Waals surface area contributed by atoms with E-state index in [0.717, 1.165) is 32.4 Å². The van der Waals surface area contributed by atoms with E-state index in [9.17, 15) is 4.79 Å². The van der Waals surface area contributed by atoms with Crippen LogP contribution in [0.3, 0.4) is 0 Å². The molecule has 1 aromatic carbocycles. The Balaban J connectivity index is 1.65. The zero-order chi connectivity index (χ0) is 14.7. The highest BCUT2D eigenvalue weighted by molar-refractivity contribution is 5.77. The topological polar surface area (TPSA) is 32.3 Å². The average molecular weight is 286 g/mol. The zero-order valence-electron chi connectivity index (χ0n) is 13.0. The van der Waals surface area contributed by atoms with E-state index in [1.165, 1.54) is 24.0 Å². The van der Waals surface area contributed by atoms with Gasteiger partial charge in [0.2, 0.25) is 5.91 Å². The van der Waals surface area contributed by atoms with Crippen LogP contribution in [0, 0.1) is 0 Å². The first-order valence-corrected chi connectivity index (χ1v) is 8.30. The van der Waals surface area contributed by atoms with Gasteiger partial charge in [-0.25, -0.2) is 0 Å². The Morgan fingerprint density at radius 3 is 2.81 bits per heavy atom. The first kappa shape index (κ1) is 14.6. The molecular weight excluding hydrogens is 260 g/mol. The van der Waals surface area contributed by atoms with Gasteiger partial charge in [-0.1, -0.05) is 24.3 Å². The second-order valence-corrected chi connectivity index (χ2v) is 6.48. The van der Waals surface area contributed by atoms with E-state index in [1.807, 2.05) is 11.9 Å². The Labute approximate surface area is 127 Å². The molecule has 1 saturated heterocycles. The van der Waals surface area contributed by atoms with Crippen molar-refractivity contribution in [3.8, 4) is 0 Å². The van der Waals surface area contributed by atoms with E-state index in [0.29, 0.717) is 24.3 Å². The summed E-state index contributed by atoms with van der Waals surface area (Å²) < 4.78 is 0. The molecule has 3 rings (SSSR count). The summed E-state index contributed by atoms with van der Waals surface area (Å²) in [4.78, 5) is 14.6. The highest BCUT2D eigenvalue weighted by Crippen LogP contribution is 2.34. The van der Waals surface area contributed by atoms with E-state index in [2.05, 4.69) is 29.6 Å². The largest absolute Gasteiger partial charge is 0.343 e. The van der Waals surface area contributed by atoms with Crippen molar-refractivity contribution in [1.82, 2.24) is 10.2 Å². The highest BCUT2D eigenvalue weighted by atomic mass is 16.2. The third-order valence-electron chi connectivity index (χ3n) is 5.16. The molecule has 0 spiro atoms. The summed E-state index contributed by atoms with van der Waals surface area (Å²) in [5.41, 5.74) is 2.86. The van der Waals surface area contributed by atoms with Gasteiger partial charge in [-0.15, -0.1) is 0 Å². The van der Waals surface area contributed by atoms with Crippen LogP contribution in [0.2, 0.25) is 0 Å².